The van der Waals surface area contributed by atoms with E-state index in [1.54, 1.807) is 12.1 Å². The van der Waals surface area contributed by atoms with E-state index in [9.17, 15) is 9.18 Å². The van der Waals surface area contributed by atoms with Gasteiger partial charge in [0.2, 0.25) is 0 Å². The summed E-state index contributed by atoms with van der Waals surface area (Å²) in [5, 5.41) is 8.12. The van der Waals surface area contributed by atoms with Crippen molar-refractivity contribution in [2.75, 3.05) is 26.3 Å². The van der Waals surface area contributed by atoms with Gasteiger partial charge in [-0.2, -0.15) is 5.10 Å². The molecule has 0 saturated carbocycles. The molecule has 0 spiro atoms. The van der Waals surface area contributed by atoms with Crippen LogP contribution in [0.2, 0.25) is 0 Å². The molecule has 1 atom stereocenters. The van der Waals surface area contributed by atoms with Crippen LogP contribution in [0.5, 0.6) is 0 Å². The fourth-order valence-corrected chi connectivity index (χ4v) is 4.11. The molecular weight excluding hydrogens is 359 g/mol. The van der Waals surface area contributed by atoms with E-state index in [-0.39, 0.29) is 17.8 Å². The first-order valence-corrected chi connectivity index (χ1v) is 10.1. The number of hydrogen-bond acceptors (Lipinski definition) is 4. The van der Waals surface area contributed by atoms with Gasteiger partial charge in [-0.25, -0.2) is 4.39 Å². The topological polar surface area (TPSA) is 59.4 Å². The van der Waals surface area contributed by atoms with Crippen LogP contribution in [0, 0.1) is 5.82 Å². The highest BCUT2D eigenvalue weighted by Gasteiger charge is 2.31. The van der Waals surface area contributed by atoms with Crippen molar-refractivity contribution in [2.45, 2.75) is 45.3 Å². The van der Waals surface area contributed by atoms with Crippen molar-refractivity contribution in [3.63, 3.8) is 0 Å². The number of morpholine rings is 1. The van der Waals surface area contributed by atoms with Crippen molar-refractivity contribution >= 4 is 5.91 Å². The summed E-state index contributed by atoms with van der Waals surface area (Å²) >= 11 is 0. The molecule has 0 radical (unpaired) electrons. The smallest absolute Gasteiger partial charge is 0.274 e. The Kier molecular flexibility index (Phi) is 5.73. The van der Waals surface area contributed by atoms with E-state index < -0.39 is 0 Å². The Morgan fingerprint density at radius 1 is 1.32 bits per heavy atom. The van der Waals surface area contributed by atoms with E-state index in [1.807, 2.05) is 15.6 Å². The van der Waals surface area contributed by atoms with Gasteiger partial charge in [0, 0.05) is 49.0 Å². The van der Waals surface area contributed by atoms with Gasteiger partial charge >= 0.3 is 0 Å². The van der Waals surface area contributed by atoms with Crippen LogP contribution in [0.1, 0.15) is 40.7 Å². The molecule has 0 bridgehead atoms. The molecule has 1 aromatic heterocycles. The van der Waals surface area contributed by atoms with Crippen molar-refractivity contribution in [3.8, 4) is 0 Å². The Morgan fingerprint density at radius 2 is 2.11 bits per heavy atom. The molecule has 0 unspecified atom stereocenters. The van der Waals surface area contributed by atoms with Gasteiger partial charge in [0.15, 0.2) is 5.69 Å². The van der Waals surface area contributed by atoms with Gasteiger partial charge in [-0.1, -0.05) is 18.2 Å². The number of amides is 1. The maximum Gasteiger partial charge on any atom is 0.274 e. The van der Waals surface area contributed by atoms with Gasteiger partial charge in [0.05, 0.1) is 13.2 Å². The summed E-state index contributed by atoms with van der Waals surface area (Å²) in [7, 11) is 0. The molecule has 6 nitrogen and oxygen atoms in total. The molecule has 7 heteroatoms. The number of halogens is 1. The van der Waals surface area contributed by atoms with Crippen molar-refractivity contribution in [1.82, 2.24) is 20.0 Å². The highest BCUT2D eigenvalue weighted by molar-refractivity contribution is 5.94. The van der Waals surface area contributed by atoms with Crippen LogP contribution in [0.3, 0.4) is 0 Å². The Bertz CT molecular complexity index is 845. The van der Waals surface area contributed by atoms with Crippen LogP contribution in [-0.4, -0.2) is 52.9 Å². The largest absolute Gasteiger partial charge is 0.378 e. The summed E-state index contributed by atoms with van der Waals surface area (Å²) in [4.78, 5) is 14.9. The maximum absolute atomic E-state index is 13.9. The van der Waals surface area contributed by atoms with Gasteiger partial charge < -0.3 is 15.0 Å². The van der Waals surface area contributed by atoms with Crippen molar-refractivity contribution < 1.29 is 13.9 Å². The number of rotatable bonds is 5. The fourth-order valence-electron chi connectivity index (χ4n) is 4.11. The van der Waals surface area contributed by atoms with Crippen molar-refractivity contribution in [2.24, 2.45) is 0 Å². The molecule has 150 valence electrons. The number of benzene rings is 1. The predicted octanol–water partition coefficient (Wildman–Crippen LogP) is 2.16. The SMILES string of the molecule is CCn1nc(C(=O)N2CCOCC2)c2c1CC[C@@H](NCc1ccccc1F)C2. The first-order valence-electron chi connectivity index (χ1n) is 10.1. The molecule has 2 aromatic rings. The first kappa shape index (κ1) is 19.1. The molecule has 4 rings (SSSR count). The molecule has 28 heavy (non-hydrogen) atoms. The summed E-state index contributed by atoms with van der Waals surface area (Å²) in [6, 6.07) is 7.05. The molecule has 1 N–H and O–H groups in total. The van der Waals surface area contributed by atoms with Gasteiger partial charge in [0.1, 0.15) is 5.82 Å². The number of aryl methyl sites for hydroxylation is 1. The molecular formula is C21H27FN4O2. The Morgan fingerprint density at radius 3 is 2.86 bits per heavy atom. The highest BCUT2D eigenvalue weighted by atomic mass is 19.1. The van der Waals surface area contributed by atoms with E-state index in [0.29, 0.717) is 44.1 Å². The average Bonchev–Trinajstić information content (AvgIpc) is 3.11. The number of ether oxygens (including phenoxy) is 1. The Balaban J connectivity index is 1.51. The quantitative estimate of drug-likeness (QED) is 0.856. The molecule has 1 fully saturated rings. The van der Waals surface area contributed by atoms with Crippen LogP contribution in [-0.2, 0) is 30.7 Å². The fraction of sp³-hybridized carbons (Fsp3) is 0.524. The minimum atomic E-state index is -0.187. The second kappa shape index (κ2) is 8.41. The first-order chi connectivity index (χ1) is 13.7. The van der Waals surface area contributed by atoms with E-state index in [2.05, 4.69) is 17.3 Å². The standard InChI is InChI=1S/C21H27FN4O2/c1-2-26-19-8-7-16(23-14-15-5-3-4-6-18(15)22)13-17(19)20(24-26)21(27)25-9-11-28-12-10-25/h3-6,16,23H,2,7-14H2,1H3/t16-/m1/s1. The van der Waals surface area contributed by atoms with Crippen LogP contribution in [0.25, 0.3) is 0 Å². The molecule has 1 saturated heterocycles. The summed E-state index contributed by atoms with van der Waals surface area (Å²) < 4.78 is 21.2. The monoisotopic (exact) mass is 386 g/mol. The molecule has 2 aliphatic rings. The van der Waals surface area contributed by atoms with Gasteiger partial charge in [-0.3, -0.25) is 9.48 Å². The van der Waals surface area contributed by atoms with E-state index in [4.69, 9.17) is 4.74 Å². The molecule has 1 aromatic carbocycles. The van der Waals surface area contributed by atoms with E-state index >= 15 is 0 Å². The van der Waals surface area contributed by atoms with Crippen molar-refractivity contribution in [3.05, 3.63) is 52.6 Å². The number of carbonyl (C=O) groups is 1. The normalized spacial score (nSPS) is 19.5. The lowest BCUT2D eigenvalue weighted by Gasteiger charge is -2.28. The second-order valence-electron chi connectivity index (χ2n) is 7.41. The summed E-state index contributed by atoms with van der Waals surface area (Å²) in [5.41, 5.74) is 3.47. The van der Waals surface area contributed by atoms with Gasteiger partial charge in [-0.15, -0.1) is 0 Å². The van der Waals surface area contributed by atoms with E-state index in [1.165, 1.54) is 11.8 Å². The number of hydrogen-bond donors (Lipinski definition) is 1. The summed E-state index contributed by atoms with van der Waals surface area (Å²) in [5.74, 6) is -0.185. The van der Waals surface area contributed by atoms with Crippen molar-refractivity contribution in [1.29, 1.82) is 0 Å². The molecule has 1 aliphatic heterocycles. The highest BCUT2D eigenvalue weighted by Crippen LogP contribution is 2.26. The summed E-state index contributed by atoms with van der Waals surface area (Å²) in [6.07, 6.45) is 2.58. The number of fused-ring (bicyclic) bond motifs is 1. The van der Waals surface area contributed by atoms with Crippen LogP contribution in [0.15, 0.2) is 24.3 Å². The van der Waals surface area contributed by atoms with Gasteiger partial charge in [0.25, 0.3) is 5.91 Å². The number of aromatic nitrogens is 2. The second-order valence-corrected chi connectivity index (χ2v) is 7.41. The zero-order valence-electron chi connectivity index (χ0n) is 16.3. The maximum atomic E-state index is 13.9. The number of nitrogens with one attached hydrogen (secondary N) is 1. The lowest BCUT2D eigenvalue weighted by atomic mass is 9.91. The molecule has 1 aliphatic carbocycles. The lowest BCUT2D eigenvalue weighted by Crippen LogP contribution is -2.41. The number of carbonyl (C=O) groups excluding carboxylic acids is 1. The third kappa shape index (κ3) is 3.82. The predicted molar refractivity (Wildman–Crippen MR) is 104 cm³/mol. The van der Waals surface area contributed by atoms with Crippen LogP contribution >= 0.6 is 0 Å². The lowest BCUT2D eigenvalue weighted by molar-refractivity contribution is 0.0297. The van der Waals surface area contributed by atoms with E-state index in [0.717, 1.165) is 31.4 Å². The third-order valence-electron chi connectivity index (χ3n) is 5.69. The van der Waals surface area contributed by atoms with Crippen LogP contribution in [0.4, 0.5) is 4.39 Å². The minimum absolute atomic E-state index is 0.00139. The molecule has 1 amide bonds. The zero-order valence-corrected chi connectivity index (χ0v) is 16.3. The molecule has 2 heterocycles. The Labute approximate surface area is 164 Å². The summed E-state index contributed by atoms with van der Waals surface area (Å²) in [6.45, 7) is 5.68. The van der Waals surface area contributed by atoms with Crippen LogP contribution < -0.4 is 5.32 Å². The van der Waals surface area contributed by atoms with Gasteiger partial charge in [-0.05, 0) is 32.3 Å². The minimum Gasteiger partial charge on any atom is -0.378 e. The number of nitrogens with zero attached hydrogens (tertiary/aromatic N) is 3. The third-order valence-corrected chi connectivity index (χ3v) is 5.69. The average molecular weight is 386 g/mol. The Hall–Kier alpha value is -2.25. The zero-order chi connectivity index (χ0) is 19.5.